The summed E-state index contributed by atoms with van der Waals surface area (Å²) in [5.41, 5.74) is 0.831. The van der Waals surface area contributed by atoms with E-state index in [0.29, 0.717) is 34.9 Å². The Labute approximate surface area is 208 Å². The molecule has 1 aliphatic heterocycles. The number of nitrogens with one attached hydrogen (secondary N) is 1. The first-order valence-corrected chi connectivity index (χ1v) is 12.0. The quantitative estimate of drug-likeness (QED) is 0.455. The van der Waals surface area contributed by atoms with Crippen molar-refractivity contribution in [2.75, 3.05) is 12.4 Å². The van der Waals surface area contributed by atoms with E-state index in [2.05, 4.69) is 5.32 Å². The number of fused-ring (bicyclic) bond motifs is 1. The number of anilines is 1. The second-order valence-corrected chi connectivity index (χ2v) is 9.19. The zero-order valence-electron chi connectivity index (χ0n) is 19.5. The van der Waals surface area contributed by atoms with Gasteiger partial charge in [0, 0.05) is 11.3 Å². The van der Waals surface area contributed by atoms with Crippen LogP contribution in [0.25, 0.3) is 0 Å². The average molecular weight is 499 g/mol. The van der Waals surface area contributed by atoms with E-state index in [0.717, 1.165) is 17.7 Å². The van der Waals surface area contributed by atoms with Gasteiger partial charge in [-0.25, -0.2) is 4.79 Å². The minimum Gasteiger partial charge on any atom is -0.495 e. The predicted molar refractivity (Wildman–Crippen MR) is 129 cm³/mol. The van der Waals surface area contributed by atoms with Gasteiger partial charge in [-0.2, -0.15) is 0 Å². The number of methoxy groups -OCH3 is 1. The molecule has 8 nitrogen and oxygen atoms in total. The summed E-state index contributed by atoms with van der Waals surface area (Å²) in [5.74, 6) is -2.41. The van der Waals surface area contributed by atoms with Crippen molar-refractivity contribution in [1.82, 2.24) is 4.90 Å². The summed E-state index contributed by atoms with van der Waals surface area (Å²) in [7, 11) is 1.48. The van der Waals surface area contributed by atoms with Crippen LogP contribution in [0.1, 0.15) is 44.3 Å². The van der Waals surface area contributed by atoms with E-state index in [1.54, 1.807) is 42.5 Å². The maximum atomic E-state index is 13.2. The van der Waals surface area contributed by atoms with Gasteiger partial charge in [-0.05, 0) is 38.0 Å². The van der Waals surface area contributed by atoms with Crippen LogP contribution in [0.3, 0.4) is 0 Å². The molecular formula is C26H27ClN2O6. The lowest BCUT2D eigenvalue weighted by molar-refractivity contribution is -0.164. The molecular weight excluding hydrogens is 472 g/mol. The Bertz CT molecular complexity index is 1110. The highest BCUT2D eigenvalue weighted by molar-refractivity contribution is 6.32. The lowest BCUT2D eigenvalue weighted by atomic mass is 9.81. The Morgan fingerprint density at radius 2 is 1.66 bits per heavy atom. The normalized spacial score (nSPS) is 21.2. The SMILES string of the molecule is COc1ccc(NC(=O)C(OC(=O)C(C)N2C(=O)C3CCCCC3C2=O)c2ccccc2)cc1Cl. The lowest BCUT2D eigenvalue weighted by Gasteiger charge is -2.25. The molecule has 1 saturated heterocycles. The molecule has 1 saturated carbocycles. The van der Waals surface area contributed by atoms with Crippen LogP contribution < -0.4 is 10.1 Å². The molecule has 184 valence electrons. The van der Waals surface area contributed by atoms with E-state index >= 15 is 0 Å². The number of carbonyl (C=O) groups excluding carboxylic acids is 4. The van der Waals surface area contributed by atoms with Crippen molar-refractivity contribution in [3.8, 4) is 5.75 Å². The molecule has 0 bridgehead atoms. The van der Waals surface area contributed by atoms with Gasteiger partial charge in [0.15, 0.2) is 0 Å². The number of imide groups is 1. The van der Waals surface area contributed by atoms with Crippen molar-refractivity contribution < 1.29 is 28.7 Å². The van der Waals surface area contributed by atoms with E-state index in [4.69, 9.17) is 21.1 Å². The first kappa shape index (κ1) is 24.7. The number of halogens is 1. The molecule has 0 spiro atoms. The van der Waals surface area contributed by atoms with Crippen LogP contribution in [0.15, 0.2) is 48.5 Å². The summed E-state index contributed by atoms with van der Waals surface area (Å²) in [4.78, 5) is 53.1. The molecule has 4 rings (SSSR count). The smallest absolute Gasteiger partial charge is 0.330 e. The number of rotatable bonds is 7. The zero-order chi connectivity index (χ0) is 25.1. The van der Waals surface area contributed by atoms with Gasteiger partial charge < -0.3 is 14.8 Å². The third-order valence-corrected chi connectivity index (χ3v) is 6.89. The summed E-state index contributed by atoms with van der Waals surface area (Å²) >= 11 is 6.16. The molecule has 1 N–H and O–H groups in total. The largest absolute Gasteiger partial charge is 0.495 e. The fourth-order valence-corrected chi connectivity index (χ4v) is 5.00. The molecule has 35 heavy (non-hydrogen) atoms. The molecule has 4 unspecified atom stereocenters. The van der Waals surface area contributed by atoms with Crippen molar-refractivity contribution in [2.24, 2.45) is 11.8 Å². The van der Waals surface area contributed by atoms with Crippen LogP contribution in [0.4, 0.5) is 5.69 Å². The number of amides is 3. The van der Waals surface area contributed by atoms with E-state index < -0.39 is 24.0 Å². The molecule has 1 aliphatic carbocycles. The number of hydrogen-bond acceptors (Lipinski definition) is 6. The van der Waals surface area contributed by atoms with Crippen LogP contribution in [0.5, 0.6) is 5.75 Å². The Kier molecular flexibility index (Phi) is 7.40. The number of ether oxygens (including phenoxy) is 2. The van der Waals surface area contributed by atoms with Gasteiger partial charge in [0.25, 0.3) is 5.91 Å². The summed E-state index contributed by atoms with van der Waals surface area (Å²) in [6.07, 6.45) is 1.76. The number of likely N-dealkylation sites (tertiary alicyclic amines) is 1. The first-order valence-electron chi connectivity index (χ1n) is 11.6. The molecule has 2 aromatic rings. The Morgan fingerprint density at radius 1 is 1.03 bits per heavy atom. The highest BCUT2D eigenvalue weighted by atomic mass is 35.5. The summed E-state index contributed by atoms with van der Waals surface area (Å²) < 4.78 is 10.7. The molecule has 4 atom stereocenters. The van der Waals surface area contributed by atoms with Crippen molar-refractivity contribution in [2.45, 2.75) is 44.8 Å². The number of hydrogen-bond donors (Lipinski definition) is 1. The fourth-order valence-electron chi connectivity index (χ4n) is 4.74. The molecule has 9 heteroatoms. The highest BCUT2D eigenvalue weighted by Gasteiger charge is 2.51. The van der Waals surface area contributed by atoms with Gasteiger partial charge in [0.05, 0.1) is 24.0 Å². The molecule has 3 amide bonds. The molecule has 2 aromatic carbocycles. The predicted octanol–water partition coefficient (Wildman–Crippen LogP) is 4.14. The van der Waals surface area contributed by atoms with Crippen molar-refractivity contribution in [3.63, 3.8) is 0 Å². The first-order chi connectivity index (χ1) is 16.8. The number of nitrogens with zero attached hydrogens (tertiary/aromatic N) is 1. The Hall–Kier alpha value is -3.39. The molecule has 1 heterocycles. The van der Waals surface area contributed by atoms with Gasteiger partial charge in [0.2, 0.25) is 17.9 Å². The van der Waals surface area contributed by atoms with Crippen LogP contribution in [-0.2, 0) is 23.9 Å². The van der Waals surface area contributed by atoms with E-state index in [1.165, 1.54) is 20.1 Å². The van der Waals surface area contributed by atoms with E-state index in [-0.39, 0.29) is 23.7 Å². The second-order valence-electron chi connectivity index (χ2n) is 8.79. The molecule has 0 radical (unpaired) electrons. The van der Waals surface area contributed by atoms with Gasteiger partial charge >= 0.3 is 5.97 Å². The maximum Gasteiger partial charge on any atom is 0.330 e. The standard InChI is InChI=1S/C26H27ClN2O6/c1-15(29-24(31)18-10-6-7-11-19(18)25(29)32)26(33)35-22(16-8-4-3-5-9-16)23(30)28-17-12-13-21(34-2)20(27)14-17/h3-5,8-9,12-15,18-19,22H,6-7,10-11H2,1-2H3,(H,28,30). The van der Waals surface area contributed by atoms with Crippen LogP contribution in [0.2, 0.25) is 5.02 Å². The number of carbonyl (C=O) groups is 4. The van der Waals surface area contributed by atoms with E-state index in [9.17, 15) is 19.2 Å². The summed E-state index contributed by atoms with van der Waals surface area (Å²) in [5, 5.41) is 3.01. The lowest BCUT2D eigenvalue weighted by Crippen LogP contribution is -2.45. The highest BCUT2D eigenvalue weighted by Crippen LogP contribution is 2.39. The minimum absolute atomic E-state index is 0.305. The number of benzene rings is 2. The second kappa shape index (κ2) is 10.5. The van der Waals surface area contributed by atoms with Gasteiger partial charge in [-0.3, -0.25) is 19.3 Å². The third-order valence-electron chi connectivity index (χ3n) is 6.60. The average Bonchev–Trinajstić information content (AvgIpc) is 3.12. The monoisotopic (exact) mass is 498 g/mol. The molecule has 0 aromatic heterocycles. The van der Waals surface area contributed by atoms with Gasteiger partial charge in [0.1, 0.15) is 11.8 Å². The van der Waals surface area contributed by atoms with Crippen molar-refractivity contribution in [1.29, 1.82) is 0 Å². The molecule has 2 fully saturated rings. The van der Waals surface area contributed by atoms with E-state index in [1.807, 2.05) is 0 Å². The summed E-state index contributed by atoms with van der Waals surface area (Å²) in [6.45, 7) is 1.46. The maximum absolute atomic E-state index is 13.2. The van der Waals surface area contributed by atoms with Crippen molar-refractivity contribution in [3.05, 3.63) is 59.1 Å². The zero-order valence-corrected chi connectivity index (χ0v) is 20.3. The van der Waals surface area contributed by atoms with Crippen LogP contribution in [-0.4, -0.2) is 41.7 Å². The van der Waals surface area contributed by atoms with Crippen LogP contribution >= 0.6 is 11.6 Å². The Balaban J connectivity index is 1.53. The van der Waals surface area contributed by atoms with Gasteiger partial charge in [-0.1, -0.05) is 54.8 Å². The molecule has 2 aliphatic rings. The topological polar surface area (TPSA) is 102 Å². The number of esters is 1. The van der Waals surface area contributed by atoms with Crippen LogP contribution in [0, 0.1) is 11.8 Å². The Morgan fingerprint density at radius 3 is 2.23 bits per heavy atom. The third kappa shape index (κ3) is 5.03. The van der Waals surface area contributed by atoms with Crippen molar-refractivity contribution >= 4 is 41.0 Å². The fraction of sp³-hybridized carbons (Fsp3) is 0.385. The van der Waals surface area contributed by atoms with Gasteiger partial charge in [-0.15, -0.1) is 0 Å². The summed E-state index contributed by atoms with van der Waals surface area (Å²) in [6, 6.07) is 12.1. The minimum atomic E-state index is -1.30.